The lowest BCUT2D eigenvalue weighted by atomic mass is 10.1. The first-order valence-electron chi connectivity index (χ1n) is 4.96. The summed E-state index contributed by atoms with van der Waals surface area (Å²) in [4.78, 5) is 11.1. The third-order valence-electron chi connectivity index (χ3n) is 2.18. The Bertz CT molecular complexity index is 168. The highest BCUT2D eigenvalue weighted by Crippen LogP contribution is 2.18. The van der Waals surface area contributed by atoms with Gasteiger partial charge in [-0.1, -0.05) is 6.92 Å². The zero-order valence-corrected chi connectivity index (χ0v) is 8.18. The fourth-order valence-electron chi connectivity index (χ4n) is 1.12. The first-order chi connectivity index (χ1) is 6.22. The van der Waals surface area contributed by atoms with Gasteiger partial charge in [0.05, 0.1) is 0 Å². The van der Waals surface area contributed by atoms with E-state index in [2.05, 4.69) is 17.6 Å². The van der Waals surface area contributed by atoms with Gasteiger partial charge in [-0.2, -0.15) is 0 Å². The summed E-state index contributed by atoms with van der Waals surface area (Å²) in [7, 11) is 0. The van der Waals surface area contributed by atoms with Crippen LogP contribution in [0.3, 0.4) is 0 Å². The van der Waals surface area contributed by atoms with Crippen molar-refractivity contribution in [2.45, 2.75) is 32.2 Å². The van der Waals surface area contributed by atoms with Crippen LogP contribution in [0.15, 0.2) is 0 Å². The highest BCUT2D eigenvalue weighted by Gasteiger charge is 2.22. The van der Waals surface area contributed by atoms with Gasteiger partial charge >= 0.3 is 6.03 Å². The molecular weight excluding hydrogens is 166 g/mol. The molecule has 0 aliphatic heterocycles. The Morgan fingerprint density at radius 3 is 2.85 bits per heavy atom. The Hall–Kier alpha value is -0.770. The Labute approximate surface area is 79.3 Å². The molecule has 1 aliphatic carbocycles. The van der Waals surface area contributed by atoms with Gasteiger partial charge in [-0.25, -0.2) is 4.79 Å². The second-order valence-corrected chi connectivity index (χ2v) is 3.81. The summed E-state index contributed by atoms with van der Waals surface area (Å²) < 4.78 is 0. The molecule has 0 aromatic heterocycles. The third kappa shape index (κ3) is 4.72. The van der Waals surface area contributed by atoms with Gasteiger partial charge in [0.1, 0.15) is 0 Å². The van der Waals surface area contributed by atoms with Crippen molar-refractivity contribution in [1.29, 1.82) is 0 Å². The van der Waals surface area contributed by atoms with Crippen molar-refractivity contribution < 1.29 is 4.79 Å². The SMILES string of the molecule is CC(CCN)CNC(=O)NC1CC1. The quantitative estimate of drug-likeness (QED) is 0.581. The molecule has 1 unspecified atom stereocenters. The number of hydrogen-bond donors (Lipinski definition) is 3. The molecule has 1 rings (SSSR count). The largest absolute Gasteiger partial charge is 0.338 e. The zero-order valence-electron chi connectivity index (χ0n) is 8.18. The summed E-state index contributed by atoms with van der Waals surface area (Å²) in [5.74, 6) is 0.468. The minimum Gasteiger partial charge on any atom is -0.338 e. The average Bonchev–Trinajstić information content (AvgIpc) is 2.85. The van der Waals surface area contributed by atoms with Gasteiger partial charge in [-0.15, -0.1) is 0 Å². The predicted molar refractivity (Wildman–Crippen MR) is 52.4 cm³/mol. The molecule has 13 heavy (non-hydrogen) atoms. The number of amides is 2. The molecule has 4 nitrogen and oxygen atoms in total. The van der Waals surface area contributed by atoms with E-state index in [9.17, 15) is 4.79 Å². The fourth-order valence-corrected chi connectivity index (χ4v) is 1.12. The lowest BCUT2D eigenvalue weighted by Crippen LogP contribution is -2.39. The van der Waals surface area contributed by atoms with E-state index in [0.29, 0.717) is 18.5 Å². The van der Waals surface area contributed by atoms with Crippen molar-refractivity contribution in [2.75, 3.05) is 13.1 Å². The van der Waals surface area contributed by atoms with Crippen LogP contribution < -0.4 is 16.4 Å². The minimum absolute atomic E-state index is 0.0358. The highest BCUT2D eigenvalue weighted by atomic mass is 16.2. The lowest BCUT2D eigenvalue weighted by Gasteiger charge is -2.11. The van der Waals surface area contributed by atoms with E-state index in [-0.39, 0.29) is 6.03 Å². The molecule has 0 heterocycles. The summed E-state index contributed by atoms with van der Waals surface area (Å²) in [5.41, 5.74) is 5.40. The van der Waals surface area contributed by atoms with Crippen molar-refractivity contribution in [3.05, 3.63) is 0 Å². The Morgan fingerprint density at radius 1 is 1.62 bits per heavy atom. The topological polar surface area (TPSA) is 67.1 Å². The molecule has 0 aromatic carbocycles. The van der Waals surface area contributed by atoms with Crippen LogP contribution in [0, 0.1) is 5.92 Å². The molecule has 2 amide bonds. The van der Waals surface area contributed by atoms with Crippen molar-refractivity contribution in [2.24, 2.45) is 11.7 Å². The normalized spacial score (nSPS) is 18.0. The molecule has 1 fully saturated rings. The third-order valence-corrected chi connectivity index (χ3v) is 2.18. The van der Waals surface area contributed by atoms with Gasteiger partial charge in [0.25, 0.3) is 0 Å². The molecule has 0 bridgehead atoms. The van der Waals surface area contributed by atoms with E-state index >= 15 is 0 Å². The number of carbonyl (C=O) groups is 1. The second-order valence-electron chi connectivity index (χ2n) is 3.81. The van der Waals surface area contributed by atoms with Crippen LogP contribution in [0.1, 0.15) is 26.2 Å². The monoisotopic (exact) mass is 185 g/mol. The summed E-state index contributed by atoms with van der Waals surface area (Å²) in [6.07, 6.45) is 3.22. The molecule has 1 atom stereocenters. The van der Waals surface area contributed by atoms with Crippen LogP contribution in [0.2, 0.25) is 0 Å². The maximum atomic E-state index is 11.1. The van der Waals surface area contributed by atoms with Gasteiger partial charge < -0.3 is 16.4 Å². The number of hydrogen-bond acceptors (Lipinski definition) is 2. The van der Waals surface area contributed by atoms with Crippen molar-refractivity contribution >= 4 is 6.03 Å². The van der Waals surface area contributed by atoms with E-state index < -0.39 is 0 Å². The van der Waals surface area contributed by atoms with Crippen molar-refractivity contribution in [1.82, 2.24) is 10.6 Å². The summed E-state index contributed by atoms with van der Waals surface area (Å²) in [5, 5.41) is 5.70. The molecular formula is C9H19N3O. The number of nitrogens with one attached hydrogen (secondary N) is 2. The molecule has 1 aliphatic rings. The van der Waals surface area contributed by atoms with Crippen LogP contribution in [-0.2, 0) is 0 Å². The van der Waals surface area contributed by atoms with Crippen LogP contribution in [-0.4, -0.2) is 25.2 Å². The highest BCUT2D eigenvalue weighted by molar-refractivity contribution is 5.74. The minimum atomic E-state index is -0.0358. The molecule has 4 heteroatoms. The first kappa shape index (κ1) is 10.3. The molecule has 0 radical (unpaired) electrons. The molecule has 0 spiro atoms. The lowest BCUT2D eigenvalue weighted by molar-refractivity contribution is 0.238. The predicted octanol–water partition coefficient (Wildman–Crippen LogP) is 0.433. The van der Waals surface area contributed by atoms with Crippen LogP contribution in [0.25, 0.3) is 0 Å². The summed E-state index contributed by atoms with van der Waals surface area (Å²) in [6, 6.07) is 0.399. The van der Waals surface area contributed by atoms with Gasteiger partial charge in [0, 0.05) is 12.6 Å². The Kier molecular flexibility index (Phi) is 4.02. The van der Waals surface area contributed by atoms with Crippen molar-refractivity contribution in [3.63, 3.8) is 0 Å². The number of nitrogens with two attached hydrogens (primary N) is 1. The first-order valence-corrected chi connectivity index (χ1v) is 4.96. The standard InChI is InChI=1S/C9H19N3O/c1-7(4-5-10)6-11-9(13)12-8-2-3-8/h7-8H,2-6,10H2,1H3,(H2,11,12,13). The smallest absolute Gasteiger partial charge is 0.315 e. The number of urea groups is 1. The van der Waals surface area contributed by atoms with E-state index in [1.807, 2.05) is 0 Å². The van der Waals surface area contributed by atoms with Gasteiger partial charge in [-0.3, -0.25) is 0 Å². The molecule has 76 valence electrons. The van der Waals surface area contributed by atoms with E-state index in [0.717, 1.165) is 25.8 Å². The fraction of sp³-hybridized carbons (Fsp3) is 0.889. The maximum absolute atomic E-state index is 11.1. The van der Waals surface area contributed by atoms with E-state index in [1.165, 1.54) is 0 Å². The average molecular weight is 185 g/mol. The second kappa shape index (κ2) is 5.07. The van der Waals surface area contributed by atoms with Gasteiger partial charge in [0.15, 0.2) is 0 Å². The molecule has 0 saturated heterocycles. The molecule has 1 saturated carbocycles. The molecule has 4 N–H and O–H groups in total. The van der Waals surface area contributed by atoms with Crippen molar-refractivity contribution in [3.8, 4) is 0 Å². The Balaban J connectivity index is 1.99. The van der Waals surface area contributed by atoms with Crippen LogP contribution >= 0.6 is 0 Å². The number of carbonyl (C=O) groups excluding carboxylic acids is 1. The van der Waals surface area contributed by atoms with Crippen LogP contribution in [0.5, 0.6) is 0 Å². The summed E-state index contributed by atoms with van der Waals surface area (Å²) in [6.45, 7) is 3.49. The van der Waals surface area contributed by atoms with E-state index in [4.69, 9.17) is 5.73 Å². The maximum Gasteiger partial charge on any atom is 0.315 e. The van der Waals surface area contributed by atoms with Gasteiger partial charge in [0.2, 0.25) is 0 Å². The number of rotatable bonds is 5. The zero-order chi connectivity index (χ0) is 9.68. The summed E-state index contributed by atoms with van der Waals surface area (Å²) >= 11 is 0. The van der Waals surface area contributed by atoms with E-state index in [1.54, 1.807) is 0 Å². The van der Waals surface area contributed by atoms with Crippen LogP contribution in [0.4, 0.5) is 4.79 Å². The Morgan fingerprint density at radius 2 is 2.31 bits per heavy atom. The molecule has 0 aromatic rings. The van der Waals surface area contributed by atoms with Gasteiger partial charge in [-0.05, 0) is 31.7 Å².